The molecule has 0 aromatic rings. The van der Waals surface area contributed by atoms with Crippen LogP contribution in [0.3, 0.4) is 0 Å². The van der Waals surface area contributed by atoms with Crippen molar-refractivity contribution in [2.45, 2.75) is 25.7 Å². The lowest BCUT2D eigenvalue weighted by Gasteiger charge is -2.30. The van der Waals surface area contributed by atoms with Gasteiger partial charge in [-0.1, -0.05) is 0 Å². The van der Waals surface area contributed by atoms with Crippen LogP contribution >= 0.6 is 0 Å². The number of rotatable bonds is 5. The number of amides is 2. The summed E-state index contributed by atoms with van der Waals surface area (Å²) in [6.07, 6.45) is 4.39. The monoisotopic (exact) mass is 239 g/mol. The van der Waals surface area contributed by atoms with Gasteiger partial charge < -0.3 is 11.1 Å². The summed E-state index contributed by atoms with van der Waals surface area (Å²) in [5, 5.41) is 3.01. The van der Waals surface area contributed by atoms with Gasteiger partial charge in [0.25, 0.3) is 0 Å². The summed E-state index contributed by atoms with van der Waals surface area (Å²) in [6.45, 7) is 2.63. The van der Waals surface area contributed by atoms with Gasteiger partial charge in [-0.15, -0.1) is 0 Å². The predicted octanol–water partition coefficient (Wildman–Crippen LogP) is -0.290. The summed E-state index contributed by atoms with van der Waals surface area (Å²) in [5.41, 5.74) is 5.17. The maximum absolute atomic E-state index is 11.9. The first-order valence-electron chi connectivity index (χ1n) is 6.43. The first-order valence-corrected chi connectivity index (χ1v) is 6.43. The molecule has 3 N–H and O–H groups in total. The Bertz CT molecular complexity index is 302. The quantitative estimate of drug-likeness (QED) is 0.692. The second-order valence-electron chi connectivity index (χ2n) is 5.23. The highest BCUT2D eigenvalue weighted by Crippen LogP contribution is 2.27. The molecule has 1 aliphatic carbocycles. The predicted molar refractivity (Wildman–Crippen MR) is 64.1 cm³/mol. The summed E-state index contributed by atoms with van der Waals surface area (Å²) in [6, 6.07) is 0. The SMILES string of the molecule is NC(=O)CN1CCC[C@@H](C(=O)NCC2CC2)C1. The zero-order valence-electron chi connectivity index (χ0n) is 10.2. The average molecular weight is 239 g/mol. The Morgan fingerprint density at radius 2 is 2.06 bits per heavy atom. The van der Waals surface area contributed by atoms with Gasteiger partial charge in [-0.3, -0.25) is 14.5 Å². The van der Waals surface area contributed by atoms with E-state index in [9.17, 15) is 9.59 Å². The van der Waals surface area contributed by atoms with Gasteiger partial charge in [0.2, 0.25) is 11.8 Å². The molecule has 2 amide bonds. The molecule has 1 saturated heterocycles. The number of hydrogen-bond donors (Lipinski definition) is 2. The fourth-order valence-electron chi connectivity index (χ4n) is 2.34. The van der Waals surface area contributed by atoms with Crippen molar-refractivity contribution in [1.29, 1.82) is 0 Å². The standard InChI is InChI=1S/C12H21N3O2/c13-11(16)8-15-5-1-2-10(7-15)12(17)14-6-9-3-4-9/h9-10H,1-8H2,(H2,13,16)(H,14,17)/t10-/m1/s1. The fraction of sp³-hybridized carbons (Fsp3) is 0.833. The normalized spacial score (nSPS) is 25.5. The van der Waals surface area contributed by atoms with Crippen molar-refractivity contribution in [3.63, 3.8) is 0 Å². The highest BCUT2D eigenvalue weighted by Gasteiger charge is 2.28. The minimum absolute atomic E-state index is 0.0295. The molecule has 1 aliphatic heterocycles. The van der Waals surface area contributed by atoms with E-state index in [2.05, 4.69) is 5.32 Å². The highest BCUT2D eigenvalue weighted by atomic mass is 16.2. The molecule has 17 heavy (non-hydrogen) atoms. The molecule has 2 rings (SSSR count). The van der Waals surface area contributed by atoms with Gasteiger partial charge in [-0.05, 0) is 38.1 Å². The average Bonchev–Trinajstić information content (AvgIpc) is 3.09. The lowest BCUT2D eigenvalue weighted by Crippen LogP contribution is -2.46. The van der Waals surface area contributed by atoms with Crippen molar-refractivity contribution >= 4 is 11.8 Å². The van der Waals surface area contributed by atoms with Crippen molar-refractivity contribution in [2.75, 3.05) is 26.2 Å². The van der Waals surface area contributed by atoms with E-state index in [1.807, 2.05) is 4.90 Å². The zero-order valence-corrected chi connectivity index (χ0v) is 10.2. The molecule has 0 aromatic carbocycles. The van der Waals surface area contributed by atoms with Crippen molar-refractivity contribution in [1.82, 2.24) is 10.2 Å². The van der Waals surface area contributed by atoms with E-state index in [4.69, 9.17) is 5.73 Å². The summed E-state index contributed by atoms with van der Waals surface area (Å²) in [4.78, 5) is 24.7. The number of hydrogen-bond acceptors (Lipinski definition) is 3. The van der Waals surface area contributed by atoms with Crippen LogP contribution in [-0.2, 0) is 9.59 Å². The summed E-state index contributed by atoms with van der Waals surface area (Å²) >= 11 is 0. The molecule has 1 atom stereocenters. The fourth-order valence-corrected chi connectivity index (χ4v) is 2.34. The second-order valence-corrected chi connectivity index (χ2v) is 5.23. The van der Waals surface area contributed by atoms with Crippen LogP contribution in [0.25, 0.3) is 0 Å². The van der Waals surface area contributed by atoms with Crippen LogP contribution in [0.1, 0.15) is 25.7 Å². The van der Waals surface area contributed by atoms with Crippen LogP contribution in [0.15, 0.2) is 0 Å². The Morgan fingerprint density at radius 3 is 2.71 bits per heavy atom. The molecule has 96 valence electrons. The van der Waals surface area contributed by atoms with Gasteiger partial charge >= 0.3 is 0 Å². The van der Waals surface area contributed by atoms with E-state index in [0.29, 0.717) is 12.5 Å². The summed E-state index contributed by atoms with van der Waals surface area (Å²) < 4.78 is 0. The van der Waals surface area contributed by atoms with E-state index in [1.54, 1.807) is 0 Å². The van der Waals surface area contributed by atoms with Gasteiger partial charge in [0.1, 0.15) is 0 Å². The number of likely N-dealkylation sites (tertiary alicyclic amines) is 1. The summed E-state index contributed by atoms with van der Waals surface area (Å²) in [5.74, 6) is 0.571. The molecular formula is C12H21N3O2. The van der Waals surface area contributed by atoms with E-state index in [1.165, 1.54) is 12.8 Å². The molecule has 1 saturated carbocycles. The number of nitrogens with one attached hydrogen (secondary N) is 1. The topological polar surface area (TPSA) is 75.4 Å². The molecule has 1 heterocycles. The third-order valence-corrected chi connectivity index (χ3v) is 3.52. The van der Waals surface area contributed by atoms with Crippen molar-refractivity contribution < 1.29 is 9.59 Å². The van der Waals surface area contributed by atoms with Gasteiger partial charge in [0, 0.05) is 13.1 Å². The number of primary amides is 1. The molecule has 0 unspecified atom stereocenters. The maximum atomic E-state index is 11.9. The first-order chi connectivity index (χ1) is 8.15. The lowest BCUT2D eigenvalue weighted by molar-refractivity contribution is -0.128. The Morgan fingerprint density at radius 1 is 1.29 bits per heavy atom. The van der Waals surface area contributed by atoms with Gasteiger partial charge in [0.05, 0.1) is 12.5 Å². The molecule has 0 spiro atoms. The minimum Gasteiger partial charge on any atom is -0.369 e. The van der Waals surface area contributed by atoms with Gasteiger partial charge in [0.15, 0.2) is 0 Å². The lowest BCUT2D eigenvalue weighted by atomic mass is 9.97. The Kier molecular flexibility index (Phi) is 3.99. The number of piperidine rings is 1. The smallest absolute Gasteiger partial charge is 0.231 e. The van der Waals surface area contributed by atoms with E-state index < -0.39 is 0 Å². The van der Waals surface area contributed by atoms with Crippen molar-refractivity contribution in [3.8, 4) is 0 Å². The number of carbonyl (C=O) groups excluding carboxylic acids is 2. The van der Waals surface area contributed by atoms with Crippen LogP contribution in [0.2, 0.25) is 0 Å². The van der Waals surface area contributed by atoms with Crippen LogP contribution < -0.4 is 11.1 Å². The first kappa shape index (κ1) is 12.4. The van der Waals surface area contributed by atoms with Crippen molar-refractivity contribution in [3.05, 3.63) is 0 Å². The molecule has 2 fully saturated rings. The Balaban J connectivity index is 1.74. The van der Waals surface area contributed by atoms with E-state index in [0.717, 1.165) is 25.9 Å². The van der Waals surface area contributed by atoms with Crippen LogP contribution in [0, 0.1) is 11.8 Å². The Labute approximate surface area is 102 Å². The molecule has 0 aromatic heterocycles. The molecule has 5 nitrogen and oxygen atoms in total. The second kappa shape index (κ2) is 5.49. The third-order valence-electron chi connectivity index (χ3n) is 3.52. The highest BCUT2D eigenvalue weighted by molar-refractivity contribution is 5.79. The third kappa shape index (κ3) is 4.00. The van der Waals surface area contributed by atoms with Gasteiger partial charge in [-0.25, -0.2) is 0 Å². The van der Waals surface area contributed by atoms with Crippen LogP contribution in [0.4, 0.5) is 0 Å². The summed E-state index contributed by atoms with van der Waals surface area (Å²) in [7, 11) is 0. The zero-order chi connectivity index (χ0) is 12.3. The molecule has 0 bridgehead atoms. The molecule has 0 radical (unpaired) electrons. The molecule has 5 heteroatoms. The number of carbonyl (C=O) groups is 2. The molecule has 2 aliphatic rings. The van der Waals surface area contributed by atoms with Crippen LogP contribution in [0.5, 0.6) is 0 Å². The van der Waals surface area contributed by atoms with Crippen molar-refractivity contribution in [2.24, 2.45) is 17.6 Å². The molecular weight excluding hydrogens is 218 g/mol. The van der Waals surface area contributed by atoms with E-state index in [-0.39, 0.29) is 24.3 Å². The largest absolute Gasteiger partial charge is 0.369 e. The minimum atomic E-state index is -0.316. The van der Waals surface area contributed by atoms with Gasteiger partial charge in [-0.2, -0.15) is 0 Å². The Hall–Kier alpha value is -1.10. The van der Waals surface area contributed by atoms with E-state index >= 15 is 0 Å². The van der Waals surface area contributed by atoms with Crippen LogP contribution in [-0.4, -0.2) is 42.9 Å². The number of nitrogens with two attached hydrogens (primary N) is 1. The maximum Gasteiger partial charge on any atom is 0.231 e. The number of nitrogens with zero attached hydrogens (tertiary/aromatic N) is 1.